The Labute approximate surface area is 156 Å². The summed E-state index contributed by atoms with van der Waals surface area (Å²) in [5.74, 6) is -1.31. The van der Waals surface area contributed by atoms with Gasteiger partial charge in [0.05, 0.1) is 11.5 Å². The average molecular weight is 375 g/mol. The molecule has 0 saturated carbocycles. The molecule has 0 aromatic heterocycles. The molecule has 0 amide bonds. The van der Waals surface area contributed by atoms with Crippen molar-refractivity contribution in [1.29, 1.82) is 0 Å². The molecule has 9 nitrogen and oxygen atoms in total. The van der Waals surface area contributed by atoms with Crippen LogP contribution >= 0.6 is 0 Å². The van der Waals surface area contributed by atoms with E-state index in [9.17, 15) is 14.9 Å². The molecule has 0 aliphatic carbocycles. The second kappa shape index (κ2) is 9.39. The quantitative estimate of drug-likeness (QED) is 0.428. The maximum atomic E-state index is 11.5. The van der Waals surface area contributed by atoms with Crippen molar-refractivity contribution in [2.24, 2.45) is 0 Å². The third-order valence-corrected chi connectivity index (χ3v) is 3.53. The van der Waals surface area contributed by atoms with Crippen LogP contribution in [0.2, 0.25) is 0 Å². The number of aliphatic carboxylic acids is 1. The molecule has 2 aromatic carbocycles. The number of ether oxygens (including phenoxy) is 2. The van der Waals surface area contributed by atoms with Crippen molar-refractivity contribution in [2.45, 2.75) is 26.5 Å². The number of hydrazine groups is 1. The average Bonchev–Trinajstić information content (AvgIpc) is 2.64. The highest BCUT2D eigenvalue weighted by Crippen LogP contribution is 2.39. The molecule has 2 aromatic rings. The van der Waals surface area contributed by atoms with E-state index in [1.807, 2.05) is 30.3 Å². The molecule has 0 spiro atoms. The lowest BCUT2D eigenvalue weighted by Crippen LogP contribution is -2.24. The molecule has 1 unspecified atom stereocenters. The van der Waals surface area contributed by atoms with E-state index in [0.717, 1.165) is 5.69 Å². The number of carboxylic acids is 1. The molecule has 2 rings (SSSR count). The number of hydrogen-bond donors (Lipinski definition) is 3. The van der Waals surface area contributed by atoms with E-state index in [1.54, 1.807) is 13.0 Å². The maximum Gasteiger partial charge on any atom is 0.344 e. The third-order valence-electron chi connectivity index (χ3n) is 3.53. The van der Waals surface area contributed by atoms with E-state index < -0.39 is 17.0 Å². The molecule has 0 heterocycles. The van der Waals surface area contributed by atoms with Crippen LogP contribution in [0, 0.1) is 10.1 Å². The summed E-state index contributed by atoms with van der Waals surface area (Å²) in [5, 5.41) is 20.5. The van der Waals surface area contributed by atoms with Crippen LogP contribution in [0.25, 0.3) is 0 Å². The summed E-state index contributed by atoms with van der Waals surface area (Å²) in [4.78, 5) is 21.9. The fourth-order valence-corrected chi connectivity index (χ4v) is 2.26. The van der Waals surface area contributed by atoms with E-state index in [4.69, 9.17) is 14.6 Å². The van der Waals surface area contributed by atoms with E-state index in [-0.39, 0.29) is 30.3 Å². The first-order chi connectivity index (χ1) is 12.9. The fourth-order valence-electron chi connectivity index (χ4n) is 2.26. The topological polar surface area (TPSA) is 123 Å². The zero-order valence-electron chi connectivity index (χ0n) is 15.0. The standard InChI is InChI=1S/C18H21N3O6/c1-3-26-16-10-13(11-19-20-14-7-5-4-6-8-14)9-15(21(24)25)17(16)27-12(2)18(22)23/h4-10,12,19-20H,3,11H2,1-2H3,(H,22,23). The van der Waals surface area contributed by atoms with Crippen molar-refractivity contribution in [2.75, 3.05) is 12.0 Å². The fraction of sp³-hybridized carbons (Fsp3) is 0.278. The maximum absolute atomic E-state index is 11.5. The number of nitro groups is 1. The van der Waals surface area contributed by atoms with Gasteiger partial charge in [-0.2, -0.15) is 0 Å². The molecule has 0 aliphatic rings. The van der Waals surface area contributed by atoms with Gasteiger partial charge in [0.2, 0.25) is 5.75 Å². The van der Waals surface area contributed by atoms with Gasteiger partial charge in [0.1, 0.15) is 0 Å². The van der Waals surface area contributed by atoms with Gasteiger partial charge in [0, 0.05) is 18.3 Å². The predicted octanol–water partition coefficient (Wildman–Crippen LogP) is 2.96. The minimum absolute atomic E-state index is 0.122. The first-order valence-electron chi connectivity index (χ1n) is 8.29. The number of nitrogens with one attached hydrogen (secondary N) is 2. The zero-order chi connectivity index (χ0) is 19.8. The van der Waals surface area contributed by atoms with Crippen molar-refractivity contribution in [3.05, 3.63) is 58.1 Å². The first-order valence-corrected chi connectivity index (χ1v) is 8.29. The third kappa shape index (κ3) is 5.58. The predicted molar refractivity (Wildman–Crippen MR) is 98.9 cm³/mol. The lowest BCUT2D eigenvalue weighted by atomic mass is 10.1. The molecule has 0 radical (unpaired) electrons. The van der Waals surface area contributed by atoms with Crippen molar-refractivity contribution in [3.63, 3.8) is 0 Å². The number of nitrogens with zero attached hydrogens (tertiary/aromatic N) is 1. The number of nitro benzene ring substituents is 1. The Bertz CT molecular complexity index is 797. The Morgan fingerprint density at radius 3 is 2.59 bits per heavy atom. The van der Waals surface area contributed by atoms with Gasteiger partial charge in [-0.1, -0.05) is 18.2 Å². The Hall–Kier alpha value is -3.33. The summed E-state index contributed by atoms with van der Waals surface area (Å²) in [6.07, 6.45) is -1.26. The van der Waals surface area contributed by atoms with Gasteiger partial charge in [-0.05, 0) is 37.6 Å². The number of hydrogen-bond acceptors (Lipinski definition) is 7. The van der Waals surface area contributed by atoms with Crippen LogP contribution in [0.15, 0.2) is 42.5 Å². The molecule has 1 atom stereocenters. The zero-order valence-corrected chi connectivity index (χ0v) is 15.0. The number of benzene rings is 2. The summed E-state index contributed by atoms with van der Waals surface area (Å²) in [6, 6.07) is 12.3. The molecular weight excluding hydrogens is 354 g/mol. The number of carboxylic acid groups (broad SMARTS) is 1. The highest BCUT2D eigenvalue weighted by Gasteiger charge is 2.26. The molecule has 0 bridgehead atoms. The number of para-hydroxylation sites is 1. The number of anilines is 1. The Kier molecular flexibility index (Phi) is 6.95. The summed E-state index contributed by atoms with van der Waals surface area (Å²) in [6.45, 7) is 3.53. The van der Waals surface area contributed by atoms with Gasteiger partial charge in [0.25, 0.3) is 0 Å². The van der Waals surface area contributed by atoms with Crippen LogP contribution in [0.5, 0.6) is 11.5 Å². The Morgan fingerprint density at radius 1 is 1.30 bits per heavy atom. The number of carbonyl (C=O) groups is 1. The van der Waals surface area contributed by atoms with Gasteiger partial charge in [0.15, 0.2) is 11.9 Å². The SMILES string of the molecule is CCOc1cc(CNNc2ccccc2)cc([N+](=O)[O-])c1OC(C)C(=O)O. The summed E-state index contributed by atoms with van der Waals surface area (Å²) in [7, 11) is 0. The molecule has 3 N–H and O–H groups in total. The monoisotopic (exact) mass is 375 g/mol. The lowest BCUT2D eigenvalue weighted by Gasteiger charge is -2.16. The second-order valence-electron chi connectivity index (χ2n) is 5.58. The first kappa shape index (κ1) is 20.0. The Balaban J connectivity index is 2.25. The van der Waals surface area contributed by atoms with Crippen LogP contribution in [0.4, 0.5) is 11.4 Å². The summed E-state index contributed by atoms with van der Waals surface area (Å²) >= 11 is 0. The lowest BCUT2D eigenvalue weighted by molar-refractivity contribution is -0.386. The van der Waals surface area contributed by atoms with Crippen LogP contribution < -0.4 is 20.3 Å². The van der Waals surface area contributed by atoms with Crippen LogP contribution in [-0.2, 0) is 11.3 Å². The van der Waals surface area contributed by atoms with E-state index in [2.05, 4.69) is 10.9 Å². The summed E-state index contributed by atoms with van der Waals surface area (Å²) < 4.78 is 10.7. The molecular formula is C18H21N3O6. The van der Waals surface area contributed by atoms with Crippen LogP contribution in [0.3, 0.4) is 0 Å². The van der Waals surface area contributed by atoms with E-state index >= 15 is 0 Å². The smallest absolute Gasteiger partial charge is 0.344 e. The van der Waals surface area contributed by atoms with Gasteiger partial charge >= 0.3 is 11.7 Å². The van der Waals surface area contributed by atoms with Crippen molar-refractivity contribution in [1.82, 2.24) is 5.43 Å². The van der Waals surface area contributed by atoms with Crippen LogP contribution in [-0.4, -0.2) is 28.7 Å². The highest BCUT2D eigenvalue weighted by atomic mass is 16.6. The van der Waals surface area contributed by atoms with Crippen LogP contribution in [0.1, 0.15) is 19.4 Å². The molecule has 9 heteroatoms. The van der Waals surface area contributed by atoms with Gasteiger partial charge < -0.3 is 20.0 Å². The molecule has 144 valence electrons. The molecule has 0 aliphatic heterocycles. The molecule has 27 heavy (non-hydrogen) atoms. The molecule has 0 fully saturated rings. The van der Waals surface area contributed by atoms with E-state index in [0.29, 0.717) is 5.56 Å². The van der Waals surface area contributed by atoms with E-state index in [1.165, 1.54) is 13.0 Å². The van der Waals surface area contributed by atoms with Crippen molar-refractivity contribution < 1.29 is 24.3 Å². The highest BCUT2D eigenvalue weighted by molar-refractivity contribution is 5.73. The van der Waals surface area contributed by atoms with Crippen molar-refractivity contribution >= 4 is 17.3 Å². The second-order valence-corrected chi connectivity index (χ2v) is 5.58. The van der Waals surface area contributed by atoms with Crippen molar-refractivity contribution in [3.8, 4) is 11.5 Å². The normalized spacial score (nSPS) is 11.5. The summed E-state index contributed by atoms with van der Waals surface area (Å²) in [5.41, 5.74) is 7.01. The largest absolute Gasteiger partial charge is 0.490 e. The number of rotatable bonds is 10. The van der Waals surface area contributed by atoms with Gasteiger partial charge in [-0.25, -0.2) is 10.2 Å². The molecule has 0 saturated heterocycles. The van der Waals surface area contributed by atoms with Gasteiger partial charge in [-0.3, -0.25) is 10.1 Å². The van der Waals surface area contributed by atoms with Gasteiger partial charge in [-0.15, -0.1) is 0 Å². The minimum atomic E-state index is -1.26. The minimum Gasteiger partial charge on any atom is -0.490 e. The Morgan fingerprint density at radius 2 is 2.00 bits per heavy atom.